The molecule has 0 bridgehead atoms. The summed E-state index contributed by atoms with van der Waals surface area (Å²) < 4.78 is 73.3. The molecule has 4 aromatic rings. The van der Waals surface area contributed by atoms with E-state index >= 15 is 0 Å². The lowest BCUT2D eigenvalue weighted by Gasteiger charge is -2.31. The number of rotatable bonds is 7. The van der Waals surface area contributed by atoms with Gasteiger partial charge in [-0.3, -0.25) is 4.79 Å². The second-order valence-corrected chi connectivity index (χ2v) is 10.0. The molecule has 1 aliphatic rings. The number of aromatic nitrogens is 3. The van der Waals surface area contributed by atoms with Gasteiger partial charge in [0.15, 0.2) is 11.6 Å². The van der Waals surface area contributed by atoms with Gasteiger partial charge in [0.25, 0.3) is 11.8 Å². The fourth-order valence-electron chi connectivity index (χ4n) is 4.48. The molecule has 4 N–H and O–H groups in total. The number of halogens is 4. The van der Waals surface area contributed by atoms with Crippen LogP contribution in [0.1, 0.15) is 34.4 Å². The first-order chi connectivity index (χ1) is 19.7. The van der Waals surface area contributed by atoms with Crippen LogP contribution in [-0.4, -0.2) is 52.6 Å². The highest BCUT2D eigenvalue weighted by molar-refractivity contribution is 5.95. The molecule has 1 amide bonds. The number of nitrogens with one attached hydrogen (secondary N) is 1. The zero-order chi connectivity index (χ0) is 30.4. The van der Waals surface area contributed by atoms with Crippen LogP contribution in [0.4, 0.5) is 17.6 Å². The van der Waals surface area contributed by atoms with Gasteiger partial charge in [-0.15, -0.1) is 0 Å². The van der Waals surface area contributed by atoms with E-state index in [1.807, 2.05) is 0 Å². The van der Waals surface area contributed by atoms with E-state index in [9.17, 15) is 27.5 Å². The first kappa shape index (κ1) is 29.0. The Hall–Kier alpha value is -4.56. The molecule has 14 heteroatoms. The molecule has 0 spiro atoms. The summed E-state index contributed by atoms with van der Waals surface area (Å²) in [7, 11) is 1.33. The SMILES string of the molecule is COc1cc(C(=O)NCC(O)(c2cc3c(c(-c4ccc(F)cc4)n2)OC[C@@]3(C)N)C(F)(F)F)ccc1-c1nc(C)no1. The van der Waals surface area contributed by atoms with Gasteiger partial charge in [-0.25, -0.2) is 9.37 Å². The third kappa shape index (κ3) is 5.14. The Labute approximate surface area is 236 Å². The van der Waals surface area contributed by atoms with Crippen LogP contribution in [0.3, 0.4) is 0 Å². The zero-order valence-electron chi connectivity index (χ0n) is 22.5. The van der Waals surface area contributed by atoms with Crippen LogP contribution in [0.25, 0.3) is 22.7 Å². The molecule has 2 aromatic carbocycles. The number of aliphatic hydroxyl groups is 1. The maximum atomic E-state index is 14.5. The Bertz CT molecular complexity index is 1660. The van der Waals surface area contributed by atoms with Crippen molar-refractivity contribution in [2.24, 2.45) is 5.73 Å². The summed E-state index contributed by atoms with van der Waals surface area (Å²) in [5.74, 6) is -0.738. The number of benzene rings is 2. The summed E-state index contributed by atoms with van der Waals surface area (Å²) in [6.07, 6.45) is -5.29. The number of nitrogens with zero attached hydrogens (tertiary/aromatic N) is 3. The van der Waals surface area contributed by atoms with Crippen molar-refractivity contribution in [1.29, 1.82) is 0 Å². The Balaban J connectivity index is 1.50. The third-order valence-corrected chi connectivity index (χ3v) is 6.84. The minimum atomic E-state index is -5.29. The topological polar surface area (TPSA) is 146 Å². The molecule has 0 aliphatic carbocycles. The summed E-state index contributed by atoms with van der Waals surface area (Å²) in [6, 6.07) is 9.93. The van der Waals surface area contributed by atoms with Gasteiger partial charge in [0, 0.05) is 16.7 Å². The highest BCUT2D eigenvalue weighted by Gasteiger charge is 2.57. The number of ether oxygens (including phenoxy) is 2. The Morgan fingerprint density at radius 2 is 1.88 bits per heavy atom. The number of amides is 1. The smallest absolute Gasteiger partial charge is 0.424 e. The van der Waals surface area contributed by atoms with Crippen molar-refractivity contribution in [2.45, 2.75) is 31.2 Å². The number of methoxy groups -OCH3 is 1. The van der Waals surface area contributed by atoms with Crippen LogP contribution in [0, 0.1) is 12.7 Å². The number of alkyl halides is 3. The fourth-order valence-corrected chi connectivity index (χ4v) is 4.48. The number of pyridine rings is 1. The second-order valence-electron chi connectivity index (χ2n) is 10.0. The van der Waals surface area contributed by atoms with E-state index in [4.69, 9.17) is 19.7 Å². The van der Waals surface area contributed by atoms with Crippen LogP contribution >= 0.6 is 0 Å². The number of aryl methyl sites for hydroxylation is 1. The average molecular weight is 588 g/mol. The van der Waals surface area contributed by atoms with Gasteiger partial charge < -0.3 is 30.2 Å². The number of carbonyl (C=O) groups is 1. The predicted molar refractivity (Wildman–Crippen MR) is 140 cm³/mol. The standard InChI is InChI=1S/C28H25F4N5O5/c1-14-35-25(42-37-14)18-9-6-16(10-20(18)40-3)24(38)34-12-27(39,28(30,31)32)21-11-19-23(41-13-26(19,2)33)22(36-21)15-4-7-17(29)8-5-15/h4-11,39H,12-13,33H2,1-3H3,(H,34,38)/t26-,27?/m1/s1. The van der Waals surface area contributed by atoms with Crippen LogP contribution in [0.2, 0.25) is 0 Å². The third-order valence-electron chi connectivity index (χ3n) is 6.84. The summed E-state index contributed by atoms with van der Waals surface area (Å²) in [4.78, 5) is 21.2. The van der Waals surface area contributed by atoms with Crippen LogP contribution in [0.5, 0.6) is 11.5 Å². The molecule has 3 heterocycles. The molecule has 2 atom stereocenters. The Kier molecular flexibility index (Phi) is 7.15. The van der Waals surface area contributed by atoms with Crippen LogP contribution in [-0.2, 0) is 11.1 Å². The van der Waals surface area contributed by atoms with Gasteiger partial charge in [0.1, 0.15) is 23.9 Å². The molecule has 0 radical (unpaired) electrons. The molecule has 10 nitrogen and oxygen atoms in total. The van der Waals surface area contributed by atoms with Gasteiger partial charge in [-0.05, 0) is 62.4 Å². The summed E-state index contributed by atoms with van der Waals surface area (Å²) in [5, 5.41) is 17.0. The monoisotopic (exact) mass is 587 g/mol. The van der Waals surface area contributed by atoms with Crippen molar-refractivity contribution in [3.63, 3.8) is 0 Å². The van der Waals surface area contributed by atoms with Crippen molar-refractivity contribution in [3.8, 4) is 34.2 Å². The lowest BCUT2D eigenvalue weighted by atomic mass is 9.89. The minimum absolute atomic E-state index is 0.0618. The summed E-state index contributed by atoms with van der Waals surface area (Å²) in [5.41, 5.74) is 1.25. The van der Waals surface area contributed by atoms with Crippen molar-refractivity contribution in [3.05, 3.63) is 77.0 Å². The molecule has 220 valence electrons. The van der Waals surface area contributed by atoms with E-state index in [1.54, 1.807) is 13.8 Å². The molecule has 0 saturated heterocycles. The number of nitrogens with two attached hydrogens (primary N) is 1. The quantitative estimate of drug-likeness (QED) is 0.273. The summed E-state index contributed by atoms with van der Waals surface area (Å²) >= 11 is 0. The average Bonchev–Trinajstić information content (AvgIpc) is 3.52. The van der Waals surface area contributed by atoms with E-state index < -0.39 is 41.3 Å². The number of carbonyl (C=O) groups excluding carboxylic acids is 1. The van der Waals surface area contributed by atoms with Crippen molar-refractivity contribution in [1.82, 2.24) is 20.4 Å². The normalized spacial score (nSPS) is 17.7. The van der Waals surface area contributed by atoms with Crippen molar-refractivity contribution in [2.75, 3.05) is 20.3 Å². The number of fused-ring (bicyclic) bond motifs is 1. The lowest BCUT2D eigenvalue weighted by Crippen LogP contribution is -2.51. The van der Waals surface area contributed by atoms with Gasteiger partial charge in [0.05, 0.1) is 30.5 Å². The molecular weight excluding hydrogens is 562 g/mol. The lowest BCUT2D eigenvalue weighted by molar-refractivity contribution is -0.265. The van der Waals surface area contributed by atoms with Gasteiger partial charge >= 0.3 is 6.18 Å². The minimum Gasteiger partial charge on any atom is -0.496 e. The molecule has 1 unspecified atom stereocenters. The maximum absolute atomic E-state index is 14.5. The molecule has 5 rings (SSSR count). The number of hydrogen-bond acceptors (Lipinski definition) is 9. The van der Waals surface area contributed by atoms with Gasteiger partial charge in [-0.2, -0.15) is 18.2 Å². The Morgan fingerprint density at radius 1 is 1.17 bits per heavy atom. The van der Waals surface area contributed by atoms with E-state index in [-0.39, 0.29) is 46.4 Å². The predicted octanol–water partition coefficient (Wildman–Crippen LogP) is 4.00. The van der Waals surface area contributed by atoms with Gasteiger partial charge in [-0.1, -0.05) is 5.16 Å². The number of hydrogen-bond donors (Lipinski definition) is 3. The van der Waals surface area contributed by atoms with Crippen molar-refractivity contribution >= 4 is 5.91 Å². The highest BCUT2D eigenvalue weighted by atomic mass is 19.4. The molecule has 1 aliphatic heterocycles. The first-order valence-electron chi connectivity index (χ1n) is 12.5. The van der Waals surface area contributed by atoms with Crippen LogP contribution < -0.4 is 20.5 Å². The maximum Gasteiger partial charge on any atom is 0.424 e. The fraction of sp³-hybridized carbons (Fsp3) is 0.286. The largest absolute Gasteiger partial charge is 0.496 e. The van der Waals surface area contributed by atoms with Gasteiger partial charge in [0.2, 0.25) is 5.60 Å². The summed E-state index contributed by atoms with van der Waals surface area (Å²) in [6.45, 7) is 1.81. The van der Waals surface area contributed by atoms with Crippen LogP contribution in [0.15, 0.2) is 53.1 Å². The van der Waals surface area contributed by atoms with E-state index in [0.29, 0.717) is 11.4 Å². The first-order valence-corrected chi connectivity index (χ1v) is 12.5. The second kappa shape index (κ2) is 10.4. The van der Waals surface area contributed by atoms with E-state index in [2.05, 4.69) is 20.4 Å². The molecule has 0 saturated carbocycles. The highest BCUT2D eigenvalue weighted by Crippen LogP contribution is 2.46. The van der Waals surface area contributed by atoms with E-state index in [0.717, 1.165) is 18.2 Å². The molecular formula is C28H25F4N5O5. The zero-order valence-corrected chi connectivity index (χ0v) is 22.5. The Morgan fingerprint density at radius 3 is 2.50 bits per heavy atom. The molecule has 42 heavy (non-hydrogen) atoms. The van der Waals surface area contributed by atoms with Crippen molar-refractivity contribution < 1.29 is 41.5 Å². The molecule has 2 aromatic heterocycles. The van der Waals surface area contributed by atoms with E-state index in [1.165, 1.54) is 37.4 Å². The molecule has 0 fully saturated rings.